The van der Waals surface area contributed by atoms with Gasteiger partial charge in [0.2, 0.25) is 0 Å². The molecule has 0 aromatic heterocycles. The first-order valence-electron chi connectivity index (χ1n) is 10.1. The Morgan fingerprint density at radius 3 is 2.13 bits per heavy atom. The monoisotopic (exact) mass is 414 g/mol. The Morgan fingerprint density at radius 2 is 1.50 bits per heavy atom. The third kappa shape index (κ3) is 4.53. The summed E-state index contributed by atoms with van der Waals surface area (Å²) in [5, 5.41) is 2.78. The molecule has 0 atom stereocenters. The SMILES string of the molecule is O=C(Nc1ccc(F)cc1)N1CCC(N2CCN(Cc3ccc(F)cc3)C2=O)CC1. The van der Waals surface area contributed by atoms with E-state index in [4.69, 9.17) is 0 Å². The van der Waals surface area contributed by atoms with Crippen molar-refractivity contribution in [3.8, 4) is 0 Å². The standard InChI is InChI=1S/C22H24F2N4O2/c23-17-3-1-16(2-4-17)15-27-13-14-28(22(27)30)20-9-11-26(12-10-20)21(29)25-19-7-5-18(24)6-8-19/h1-8,20H,9-15H2,(H,25,29). The van der Waals surface area contributed by atoms with Gasteiger partial charge in [0.05, 0.1) is 0 Å². The highest BCUT2D eigenvalue weighted by Crippen LogP contribution is 2.23. The molecule has 4 rings (SSSR count). The van der Waals surface area contributed by atoms with E-state index in [1.807, 2.05) is 4.90 Å². The number of piperidine rings is 1. The highest BCUT2D eigenvalue weighted by molar-refractivity contribution is 5.89. The first kappa shape index (κ1) is 20.1. The average molecular weight is 414 g/mol. The van der Waals surface area contributed by atoms with Crippen molar-refractivity contribution in [2.45, 2.75) is 25.4 Å². The van der Waals surface area contributed by atoms with Crippen molar-refractivity contribution < 1.29 is 18.4 Å². The summed E-state index contributed by atoms with van der Waals surface area (Å²) in [7, 11) is 0. The summed E-state index contributed by atoms with van der Waals surface area (Å²) >= 11 is 0. The number of nitrogens with one attached hydrogen (secondary N) is 1. The summed E-state index contributed by atoms with van der Waals surface area (Å²) in [5.41, 5.74) is 1.45. The summed E-state index contributed by atoms with van der Waals surface area (Å²) in [4.78, 5) is 30.6. The predicted octanol–water partition coefficient (Wildman–Crippen LogP) is 3.90. The third-order valence-electron chi connectivity index (χ3n) is 5.70. The minimum atomic E-state index is -0.349. The van der Waals surface area contributed by atoms with E-state index in [9.17, 15) is 18.4 Å². The van der Waals surface area contributed by atoms with E-state index in [2.05, 4.69) is 5.32 Å². The van der Waals surface area contributed by atoms with E-state index in [-0.39, 0.29) is 29.7 Å². The number of hydrogen-bond acceptors (Lipinski definition) is 2. The van der Waals surface area contributed by atoms with Crippen LogP contribution in [-0.4, -0.2) is 59.0 Å². The van der Waals surface area contributed by atoms with Crippen LogP contribution < -0.4 is 5.32 Å². The van der Waals surface area contributed by atoms with Crippen LogP contribution in [0.25, 0.3) is 0 Å². The maximum atomic E-state index is 13.1. The fourth-order valence-corrected chi connectivity index (χ4v) is 4.01. The van der Waals surface area contributed by atoms with Gasteiger partial charge in [-0.1, -0.05) is 12.1 Å². The van der Waals surface area contributed by atoms with E-state index < -0.39 is 0 Å². The summed E-state index contributed by atoms with van der Waals surface area (Å²) in [6, 6.07) is 11.7. The van der Waals surface area contributed by atoms with Crippen LogP contribution in [0.5, 0.6) is 0 Å². The number of benzene rings is 2. The quantitative estimate of drug-likeness (QED) is 0.825. The Hall–Kier alpha value is -3.16. The number of hydrogen-bond donors (Lipinski definition) is 1. The van der Waals surface area contributed by atoms with E-state index in [0.29, 0.717) is 51.3 Å². The number of amides is 4. The maximum absolute atomic E-state index is 13.1. The lowest BCUT2D eigenvalue weighted by molar-refractivity contribution is 0.139. The van der Waals surface area contributed by atoms with Crippen LogP contribution >= 0.6 is 0 Å². The van der Waals surface area contributed by atoms with Gasteiger partial charge < -0.3 is 20.0 Å². The number of rotatable bonds is 4. The average Bonchev–Trinajstić information content (AvgIpc) is 3.11. The fraction of sp³-hybridized carbons (Fsp3) is 0.364. The lowest BCUT2D eigenvalue weighted by Crippen LogP contribution is -2.49. The number of carbonyl (C=O) groups is 2. The molecule has 2 fully saturated rings. The van der Waals surface area contributed by atoms with Crippen molar-refractivity contribution >= 4 is 17.7 Å². The molecule has 2 saturated heterocycles. The van der Waals surface area contributed by atoms with Crippen LogP contribution in [-0.2, 0) is 6.54 Å². The van der Waals surface area contributed by atoms with Gasteiger partial charge in [-0.05, 0) is 54.8 Å². The normalized spacial score (nSPS) is 17.5. The molecule has 2 aliphatic heterocycles. The molecule has 2 aromatic carbocycles. The smallest absolute Gasteiger partial charge is 0.321 e. The predicted molar refractivity (Wildman–Crippen MR) is 109 cm³/mol. The lowest BCUT2D eigenvalue weighted by atomic mass is 10.0. The Morgan fingerprint density at radius 1 is 0.900 bits per heavy atom. The molecule has 6 nitrogen and oxygen atoms in total. The van der Waals surface area contributed by atoms with Crippen molar-refractivity contribution in [2.24, 2.45) is 0 Å². The number of carbonyl (C=O) groups excluding carboxylic acids is 2. The molecule has 0 aliphatic carbocycles. The number of halogens is 2. The van der Waals surface area contributed by atoms with Crippen LogP contribution in [0.3, 0.4) is 0 Å². The van der Waals surface area contributed by atoms with Gasteiger partial charge in [-0.25, -0.2) is 18.4 Å². The molecule has 0 saturated carbocycles. The second-order valence-corrected chi connectivity index (χ2v) is 7.68. The van der Waals surface area contributed by atoms with E-state index in [1.165, 1.54) is 36.4 Å². The van der Waals surface area contributed by atoms with Gasteiger partial charge in [-0.2, -0.15) is 0 Å². The Bertz CT molecular complexity index is 896. The molecule has 0 radical (unpaired) electrons. The Labute approximate surface area is 174 Å². The molecule has 2 aliphatic rings. The number of anilines is 1. The van der Waals surface area contributed by atoms with Crippen molar-refractivity contribution in [1.82, 2.24) is 14.7 Å². The zero-order valence-corrected chi connectivity index (χ0v) is 16.6. The zero-order chi connectivity index (χ0) is 21.1. The minimum Gasteiger partial charge on any atom is -0.324 e. The van der Waals surface area contributed by atoms with Crippen LogP contribution in [0.1, 0.15) is 18.4 Å². The summed E-state index contributed by atoms with van der Waals surface area (Å²) in [6.07, 6.45) is 1.43. The van der Waals surface area contributed by atoms with Gasteiger partial charge in [-0.3, -0.25) is 0 Å². The molecular formula is C22H24F2N4O2. The Balaban J connectivity index is 1.27. The summed E-state index contributed by atoms with van der Waals surface area (Å²) < 4.78 is 26.1. The van der Waals surface area contributed by atoms with Crippen molar-refractivity contribution in [3.63, 3.8) is 0 Å². The molecule has 0 bridgehead atoms. The number of urea groups is 2. The topological polar surface area (TPSA) is 55.9 Å². The highest BCUT2D eigenvalue weighted by atomic mass is 19.1. The van der Waals surface area contributed by atoms with Crippen molar-refractivity contribution in [2.75, 3.05) is 31.5 Å². The van der Waals surface area contributed by atoms with E-state index in [0.717, 1.165) is 5.56 Å². The van der Waals surface area contributed by atoms with E-state index >= 15 is 0 Å². The molecule has 30 heavy (non-hydrogen) atoms. The van der Waals surface area contributed by atoms with Crippen LogP contribution in [0.4, 0.5) is 24.1 Å². The fourth-order valence-electron chi connectivity index (χ4n) is 4.01. The maximum Gasteiger partial charge on any atom is 0.321 e. The minimum absolute atomic E-state index is 0.00598. The summed E-state index contributed by atoms with van der Waals surface area (Å²) in [6.45, 7) is 2.88. The second kappa shape index (κ2) is 8.69. The van der Waals surface area contributed by atoms with Gasteiger partial charge in [0.1, 0.15) is 11.6 Å². The molecule has 2 heterocycles. The summed E-state index contributed by atoms with van der Waals surface area (Å²) in [5.74, 6) is -0.638. The van der Waals surface area contributed by atoms with Crippen LogP contribution in [0.2, 0.25) is 0 Å². The largest absolute Gasteiger partial charge is 0.324 e. The van der Waals surface area contributed by atoms with E-state index in [1.54, 1.807) is 21.9 Å². The van der Waals surface area contributed by atoms with Gasteiger partial charge in [-0.15, -0.1) is 0 Å². The molecule has 0 unspecified atom stereocenters. The van der Waals surface area contributed by atoms with Gasteiger partial charge in [0.25, 0.3) is 0 Å². The second-order valence-electron chi connectivity index (χ2n) is 7.68. The van der Waals surface area contributed by atoms with Gasteiger partial charge in [0, 0.05) is 44.5 Å². The first-order chi connectivity index (χ1) is 14.5. The zero-order valence-electron chi connectivity index (χ0n) is 16.6. The Kier molecular flexibility index (Phi) is 5.83. The van der Waals surface area contributed by atoms with Crippen molar-refractivity contribution in [1.29, 1.82) is 0 Å². The van der Waals surface area contributed by atoms with Gasteiger partial charge >= 0.3 is 12.1 Å². The van der Waals surface area contributed by atoms with Gasteiger partial charge in [0.15, 0.2) is 0 Å². The first-order valence-corrected chi connectivity index (χ1v) is 10.1. The molecular weight excluding hydrogens is 390 g/mol. The molecule has 1 N–H and O–H groups in total. The molecule has 158 valence electrons. The number of nitrogens with zero attached hydrogens (tertiary/aromatic N) is 3. The van der Waals surface area contributed by atoms with Crippen LogP contribution in [0, 0.1) is 11.6 Å². The van der Waals surface area contributed by atoms with Crippen molar-refractivity contribution in [3.05, 3.63) is 65.7 Å². The molecule has 4 amide bonds. The highest BCUT2D eigenvalue weighted by Gasteiger charge is 2.36. The molecule has 2 aromatic rings. The lowest BCUT2D eigenvalue weighted by Gasteiger charge is -2.36. The number of likely N-dealkylation sites (tertiary alicyclic amines) is 1. The third-order valence-corrected chi connectivity index (χ3v) is 5.70. The molecule has 8 heteroatoms. The molecule has 0 spiro atoms. The van der Waals surface area contributed by atoms with Crippen LogP contribution in [0.15, 0.2) is 48.5 Å².